The zero-order valence-electron chi connectivity index (χ0n) is 57.3. The monoisotopic (exact) mass is 1990 g/mol. The van der Waals surface area contributed by atoms with Gasteiger partial charge in [0.05, 0.1) is 65.8 Å². The fraction of sp³-hybridized carbons (Fsp3) is 0.237. The van der Waals surface area contributed by atoms with Gasteiger partial charge in [-0.25, -0.2) is 24.4 Å². The minimum absolute atomic E-state index is 0. The van der Waals surface area contributed by atoms with Crippen LogP contribution in [0.1, 0.15) is 34.1 Å². The fourth-order valence-electron chi connectivity index (χ4n) is 13.6. The van der Waals surface area contributed by atoms with Crippen LogP contribution in [0.5, 0.6) is 23.0 Å². The van der Waals surface area contributed by atoms with Gasteiger partial charge in [-0.05, 0) is 200 Å². The molecule has 4 saturated carbocycles. The Balaban J connectivity index is 0.000000146. The normalized spacial score (nSPS) is 21.7. The number of rotatable bonds is 13. The molecule has 30 heteroatoms. The number of ether oxygens (including phenoxy) is 5. The number of carbonyl (C=O) groups is 7. The number of carboxylic acid groups (broad SMARTS) is 1. The third kappa shape index (κ3) is 19.7. The number of esters is 5. The van der Waals surface area contributed by atoms with Crippen molar-refractivity contribution < 1.29 is 95.2 Å². The van der Waals surface area contributed by atoms with Gasteiger partial charge in [0.1, 0.15) is 54.0 Å². The van der Waals surface area contributed by atoms with Gasteiger partial charge >= 0.3 is 53.7 Å². The first kappa shape index (κ1) is 84.0. The van der Waals surface area contributed by atoms with E-state index in [9.17, 15) is 66.4 Å². The summed E-state index contributed by atoms with van der Waals surface area (Å²) in [5.41, 5.74) is 0. The van der Waals surface area contributed by atoms with E-state index in [1.807, 2.05) is 90.4 Å². The molecule has 0 spiro atoms. The number of carboxylic acids is 1. The van der Waals surface area contributed by atoms with Gasteiger partial charge < -0.3 is 44.1 Å². The first-order valence-electron chi connectivity index (χ1n) is 33.5. The number of aliphatic hydroxyl groups is 1. The lowest BCUT2D eigenvalue weighted by Crippen LogP contribution is -2.46. The van der Waals surface area contributed by atoms with Crippen LogP contribution in [0.2, 0.25) is 0 Å². The lowest BCUT2D eigenvalue weighted by molar-refractivity contribution is -0.185. The number of aliphatic carboxylic acids is 1. The molecule has 2 aliphatic heterocycles. The van der Waals surface area contributed by atoms with Crippen LogP contribution in [-0.2, 0) is 64.8 Å². The van der Waals surface area contributed by atoms with E-state index < -0.39 is 102 Å². The zero-order valence-corrected chi connectivity index (χ0v) is 67.5. The molecule has 110 heavy (non-hydrogen) atoms. The maximum Gasteiger partial charge on any atom is 0.377 e. The van der Waals surface area contributed by atoms with Crippen molar-refractivity contribution >= 4 is 154 Å². The van der Waals surface area contributed by atoms with Gasteiger partial charge in [0.25, 0.3) is 0 Å². The van der Waals surface area contributed by atoms with Crippen molar-refractivity contribution in [3.8, 4) is 23.0 Å². The Morgan fingerprint density at radius 3 is 1.09 bits per heavy atom. The number of carbonyl (C=O) groups excluding carboxylic acids is 6. The Morgan fingerprint density at radius 2 is 0.791 bits per heavy atom. The van der Waals surface area contributed by atoms with E-state index in [1.165, 1.54) is 63.3 Å². The minimum Gasteiger partial charge on any atom is -0.506 e. The molecule has 20 nitrogen and oxygen atoms in total. The van der Waals surface area contributed by atoms with Crippen LogP contribution in [0.3, 0.4) is 0 Å². The zero-order chi connectivity index (χ0) is 78.0. The molecule has 0 amide bonds. The van der Waals surface area contributed by atoms with E-state index in [0.717, 1.165) is 0 Å². The van der Waals surface area contributed by atoms with Crippen LogP contribution in [0, 0.1) is 61.6 Å². The number of hydrogen-bond acceptors (Lipinski definition) is 17. The summed E-state index contributed by atoms with van der Waals surface area (Å²) in [6, 6.07) is 70.2. The van der Waals surface area contributed by atoms with Gasteiger partial charge in [0, 0.05) is 62.3 Å². The summed E-state index contributed by atoms with van der Waals surface area (Å²) in [4.78, 5) is 97.8. The molecule has 16 rings (SSSR count). The SMILES string of the molecule is C.CC(F)(F)C(=O)O.CC(F)(F)C(=O)OC1C2CC3C1OC(=O)C3C2C(=O)Oc1cc(I)c(O)c(I)c1.O=C(Oc1cc(I)c(O)c(I)c1)C1C2CC3C(OC(=O)C31)C2O.O=C(n1ccnc1)n1ccnc1.c1ccc([S+](c2ccccc2)c2ccccc2)cc1.c1ccc([S+](c2ccccc2)c2ccccc2)cc1. The van der Waals surface area contributed by atoms with Crippen molar-refractivity contribution in [2.24, 2.45) is 47.3 Å². The molecule has 12 unspecified atom stereocenters. The lowest BCUT2D eigenvalue weighted by atomic mass is 9.78. The van der Waals surface area contributed by atoms with Crippen LogP contribution < -0.4 is 9.47 Å². The van der Waals surface area contributed by atoms with Gasteiger partial charge in [-0.2, -0.15) is 17.6 Å². The third-order valence-electron chi connectivity index (χ3n) is 18.4. The molecule has 6 fully saturated rings. The van der Waals surface area contributed by atoms with Gasteiger partial charge in [-0.1, -0.05) is 117 Å². The van der Waals surface area contributed by atoms with Crippen molar-refractivity contribution in [3.05, 3.63) is 258 Å². The Kier molecular flexibility index (Phi) is 28.5. The number of nitrogens with zero attached hydrogens (tertiary/aromatic N) is 4. The molecule has 10 aromatic rings. The number of aromatic nitrogens is 4. The number of fused-ring (bicyclic) bond motifs is 2. The van der Waals surface area contributed by atoms with E-state index in [2.05, 4.69) is 192 Å². The van der Waals surface area contributed by atoms with Crippen molar-refractivity contribution in [1.29, 1.82) is 0 Å². The molecule has 4 aliphatic carbocycles. The first-order chi connectivity index (χ1) is 52.1. The molecule has 4 N–H and O–H groups in total. The van der Waals surface area contributed by atoms with Crippen LogP contribution >= 0.6 is 90.4 Å². The Bertz CT molecular complexity index is 4450. The summed E-state index contributed by atoms with van der Waals surface area (Å²) in [5.74, 6) is -16.9. The summed E-state index contributed by atoms with van der Waals surface area (Å²) in [6.45, 7) is 0.751. The number of hydrogen-bond donors (Lipinski definition) is 4. The van der Waals surface area contributed by atoms with Crippen LogP contribution in [0.15, 0.2) is 273 Å². The molecule has 4 heterocycles. The summed E-state index contributed by atoms with van der Waals surface area (Å²) in [7, 11) is -0.0293. The highest BCUT2D eigenvalue weighted by Gasteiger charge is 2.71. The maximum absolute atomic E-state index is 13.3. The fourth-order valence-corrected chi connectivity index (χ4v) is 21.3. The van der Waals surface area contributed by atoms with Crippen molar-refractivity contribution in [2.45, 2.75) is 99.7 Å². The van der Waals surface area contributed by atoms with E-state index in [0.29, 0.717) is 46.7 Å². The predicted molar refractivity (Wildman–Crippen MR) is 430 cm³/mol. The number of halogens is 8. The molecular formula is C80H70F4I4N4O16S2+2. The van der Waals surface area contributed by atoms with Gasteiger partial charge in [-0.3, -0.25) is 28.3 Å². The van der Waals surface area contributed by atoms with Crippen molar-refractivity contribution in [2.75, 3.05) is 0 Å². The number of aromatic hydroxyl groups is 2. The second kappa shape index (κ2) is 37.3. The molecule has 8 aromatic carbocycles. The van der Waals surface area contributed by atoms with Gasteiger partial charge in [0.15, 0.2) is 29.4 Å². The largest absolute Gasteiger partial charge is 0.506 e. The molecule has 0 radical (unpaired) electrons. The van der Waals surface area contributed by atoms with E-state index in [-0.39, 0.29) is 70.2 Å². The molecule has 572 valence electrons. The van der Waals surface area contributed by atoms with E-state index in [4.69, 9.17) is 28.8 Å². The Morgan fingerprint density at radius 1 is 0.491 bits per heavy atom. The quantitative estimate of drug-likeness (QED) is 0.0208. The minimum atomic E-state index is -3.70. The molecule has 6 aliphatic rings. The Labute approximate surface area is 689 Å². The average molecular weight is 1990 g/mol. The number of aliphatic hydroxyl groups excluding tert-OH is 1. The molecule has 2 aromatic heterocycles. The summed E-state index contributed by atoms with van der Waals surface area (Å²) < 4.78 is 80.2. The highest BCUT2D eigenvalue weighted by atomic mass is 127. The highest BCUT2D eigenvalue weighted by Crippen LogP contribution is 2.60. The maximum atomic E-state index is 13.3. The summed E-state index contributed by atoms with van der Waals surface area (Å²) in [6.07, 6.45) is 6.95. The van der Waals surface area contributed by atoms with Crippen molar-refractivity contribution in [1.82, 2.24) is 19.1 Å². The number of benzene rings is 8. The number of imidazole rings is 2. The second-order valence-electron chi connectivity index (χ2n) is 25.5. The standard InChI is InChI=1S/C18H14F2I2O7.2C18H15S.C15H12I2O6.C7H6N4O.C3H4F2O2.CH4/c1-18(19,20)17(26)29-14-7-4-6-11(16(25)28-13(6)14)10(7)15(24)27-5-2-8(21)12(23)9(22)3-5;2*1-4-10-16(11-5-1)19(17-12-6-2-7-13-17)18-14-8-3-9-15-18;16-7-1-4(2-8(17)12(7)19)22-14(20)9-5-3-6-10(9)15(21)23-13(6)11(5)18;12-7(10-3-1-8-5-10)11-4-2-9-6-11;1-3(4,5)2(6)7;/h2-3,6-7,10-11,13-14,23H,4H2,1H3;2*1-15H;1-2,5-6,9-11,13,18-19H,3H2;1-6H;1H3,(H,6,7);1H4/q;2*+1;;;;. The molecule has 4 bridgehead atoms. The molecular weight excluding hydrogens is 1920 g/mol. The predicted octanol–water partition coefficient (Wildman–Crippen LogP) is 16.1. The summed E-state index contributed by atoms with van der Waals surface area (Å²) in [5, 5.41) is 37.3. The van der Waals surface area contributed by atoms with Crippen LogP contribution in [0.25, 0.3) is 0 Å². The third-order valence-corrected chi connectivity index (χ3v) is 26.1. The lowest BCUT2D eigenvalue weighted by Gasteiger charge is -2.30. The highest BCUT2D eigenvalue weighted by molar-refractivity contribution is 14.1. The molecule has 12 atom stereocenters. The van der Waals surface area contributed by atoms with Crippen LogP contribution in [-0.4, -0.2) is 118 Å². The average Bonchev–Trinajstić information content (AvgIpc) is 1.55. The molecule has 2 saturated heterocycles. The van der Waals surface area contributed by atoms with E-state index >= 15 is 0 Å². The van der Waals surface area contributed by atoms with Gasteiger partial charge in [-0.15, -0.1) is 0 Å². The Hall–Kier alpha value is -8.43. The second-order valence-corrected chi connectivity index (χ2v) is 34.2. The number of alkyl halides is 4. The van der Waals surface area contributed by atoms with Crippen LogP contribution in [0.4, 0.5) is 22.4 Å². The van der Waals surface area contributed by atoms with Gasteiger partial charge in [0.2, 0.25) is 0 Å². The number of phenols is 2. The summed E-state index contributed by atoms with van der Waals surface area (Å²) >= 11 is 7.68. The van der Waals surface area contributed by atoms with E-state index in [1.54, 1.807) is 36.9 Å². The smallest absolute Gasteiger partial charge is 0.377 e. The number of phenolic OH excluding ortho intramolecular Hbond substituents is 2. The first-order valence-corrected chi connectivity index (χ1v) is 40.2. The topological polar surface area (TPSA) is 282 Å². The van der Waals surface area contributed by atoms with Crippen molar-refractivity contribution in [3.63, 3.8) is 0 Å².